The maximum absolute atomic E-state index is 5.85. The molecule has 1 unspecified atom stereocenters. The van der Waals surface area contributed by atoms with Gasteiger partial charge >= 0.3 is 0 Å². The van der Waals surface area contributed by atoms with Crippen LogP contribution < -0.4 is 5.32 Å². The van der Waals surface area contributed by atoms with Crippen LogP contribution in [0.3, 0.4) is 0 Å². The highest BCUT2D eigenvalue weighted by Gasteiger charge is 2.11. The van der Waals surface area contributed by atoms with Gasteiger partial charge < -0.3 is 14.8 Å². The van der Waals surface area contributed by atoms with Crippen LogP contribution in [0.25, 0.3) is 0 Å². The molecular weight excluding hydrogens is 250 g/mol. The van der Waals surface area contributed by atoms with Crippen molar-refractivity contribution in [2.75, 3.05) is 13.2 Å². The first-order chi connectivity index (χ1) is 9.42. The molecule has 0 amide bonds. The Balaban J connectivity index is 2.52. The smallest absolute Gasteiger partial charge is 0.0785 e. The Morgan fingerprint density at radius 3 is 2.40 bits per heavy atom. The molecule has 3 nitrogen and oxygen atoms in total. The van der Waals surface area contributed by atoms with Crippen LogP contribution in [0.15, 0.2) is 24.3 Å². The summed E-state index contributed by atoms with van der Waals surface area (Å²) in [6, 6.07) is 8.43. The van der Waals surface area contributed by atoms with Gasteiger partial charge in [0.2, 0.25) is 0 Å². The van der Waals surface area contributed by atoms with Gasteiger partial charge in [0.1, 0.15) is 0 Å². The highest BCUT2D eigenvalue weighted by atomic mass is 16.5. The van der Waals surface area contributed by atoms with Crippen LogP contribution in [0.4, 0.5) is 0 Å². The molecule has 0 fully saturated rings. The minimum atomic E-state index is 0.121. The molecule has 1 rings (SSSR count). The Bertz CT molecular complexity index is 385. The molecule has 0 aliphatic rings. The van der Waals surface area contributed by atoms with E-state index in [2.05, 4.69) is 50.4 Å². The summed E-state index contributed by atoms with van der Waals surface area (Å²) in [4.78, 5) is 0. The van der Waals surface area contributed by atoms with E-state index in [0.29, 0.717) is 13.2 Å². The molecule has 1 atom stereocenters. The fraction of sp³-hybridized carbons (Fsp3) is 0.647. The zero-order chi connectivity index (χ0) is 15.0. The Kier molecular flexibility index (Phi) is 7.20. The van der Waals surface area contributed by atoms with E-state index in [0.717, 1.165) is 13.2 Å². The molecule has 20 heavy (non-hydrogen) atoms. The van der Waals surface area contributed by atoms with Gasteiger partial charge in [0.25, 0.3) is 0 Å². The van der Waals surface area contributed by atoms with E-state index in [1.165, 1.54) is 11.1 Å². The summed E-state index contributed by atoms with van der Waals surface area (Å²) >= 11 is 0. The summed E-state index contributed by atoms with van der Waals surface area (Å²) in [5.41, 5.74) is 2.66. The number of ether oxygens (including phenoxy) is 2. The summed E-state index contributed by atoms with van der Waals surface area (Å²) < 4.78 is 11.2. The second-order valence-corrected chi connectivity index (χ2v) is 6.15. The van der Waals surface area contributed by atoms with Crippen LogP contribution in [0, 0.1) is 0 Å². The summed E-state index contributed by atoms with van der Waals surface area (Å²) in [6.45, 7) is 13.5. The Hall–Kier alpha value is -0.900. The van der Waals surface area contributed by atoms with Gasteiger partial charge in [-0.3, -0.25) is 0 Å². The lowest BCUT2D eigenvalue weighted by Gasteiger charge is -2.22. The average molecular weight is 279 g/mol. The molecule has 1 aromatic carbocycles. The van der Waals surface area contributed by atoms with Gasteiger partial charge in [0, 0.05) is 18.7 Å². The van der Waals surface area contributed by atoms with Crippen molar-refractivity contribution in [3.8, 4) is 0 Å². The zero-order valence-electron chi connectivity index (χ0n) is 13.5. The van der Waals surface area contributed by atoms with Gasteiger partial charge in [0.05, 0.1) is 19.3 Å². The first-order valence-corrected chi connectivity index (χ1v) is 7.43. The second kappa shape index (κ2) is 8.40. The third-order valence-corrected chi connectivity index (χ3v) is 3.01. The summed E-state index contributed by atoms with van der Waals surface area (Å²) in [7, 11) is 0. The zero-order valence-corrected chi connectivity index (χ0v) is 13.5. The minimum Gasteiger partial charge on any atom is -0.379 e. The molecule has 0 saturated carbocycles. The predicted octanol–water partition coefficient (Wildman–Crippen LogP) is 3.52. The Morgan fingerprint density at radius 1 is 1.15 bits per heavy atom. The van der Waals surface area contributed by atoms with Crippen molar-refractivity contribution in [2.45, 2.75) is 59.4 Å². The molecular formula is C17H29NO2. The molecule has 0 bridgehead atoms. The lowest BCUT2D eigenvalue weighted by atomic mass is 10.1. The van der Waals surface area contributed by atoms with Gasteiger partial charge in [-0.15, -0.1) is 0 Å². The van der Waals surface area contributed by atoms with Crippen LogP contribution in [-0.2, 0) is 22.6 Å². The van der Waals surface area contributed by atoms with Crippen molar-refractivity contribution in [2.24, 2.45) is 0 Å². The molecule has 3 heteroatoms. The SMILES string of the molecule is CCOCC(C)OCc1ccccc1CNC(C)(C)C. The van der Waals surface area contributed by atoms with E-state index >= 15 is 0 Å². The van der Waals surface area contributed by atoms with Crippen LogP contribution >= 0.6 is 0 Å². The average Bonchev–Trinajstić information content (AvgIpc) is 2.40. The molecule has 0 saturated heterocycles. The minimum absolute atomic E-state index is 0.121. The van der Waals surface area contributed by atoms with Crippen molar-refractivity contribution >= 4 is 0 Å². The number of hydrogen-bond acceptors (Lipinski definition) is 3. The standard InChI is InChI=1S/C17H29NO2/c1-6-19-12-14(2)20-13-16-10-8-7-9-15(16)11-18-17(3,4)5/h7-10,14,18H,6,11-13H2,1-5H3. The van der Waals surface area contributed by atoms with E-state index in [1.54, 1.807) is 0 Å². The number of rotatable bonds is 8. The Morgan fingerprint density at radius 2 is 1.80 bits per heavy atom. The molecule has 0 aliphatic heterocycles. The molecule has 1 N–H and O–H groups in total. The van der Waals surface area contributed by atoms with Crippen molar-refractivity contribution in [3.05, 3.63) is 35.4 Å². The molecule has 0 heterocycles. The topological polar surface area (TPSA) is 30.5 Å². The van der Waals surface area contributed by atoms with E-state index in [4.69, 9.17) is 9.47 Å². The number of nitrogens with one attached hydrogen (secondary N) is 1. The van der Waals surface area contributed by atoms with E-state index < -0.39 is 0 Å². The Labute approximate surface area is 123 Å². The largest absolute Gasteiger partial charge is 0.379 e. The number of benzene rings is 1. The van der Waals surface area contributed by atoms with Gasteiger partial charge in [-0.25, -0.2) is 0 Å². The second-order valence-electron chi connectivity index (χ2n) is 6.15. The van der Waals surface area contributed by atoms with Gasteiger partial charge in [-0.1, -0.05) is 24.3 Å². The van der Waals surface area contributed by atoms with Crippen molar-refractivity contribution in [1.82, 2.24) is 5.32 Å². The van der Waals surface area contributed by atoms with Gasteiger partial charge in [-0.05, 0) is 45.7 Å². The van der Waals surface area contributed by atoms with E-state index in [9.17, 15) is 0 Å². The van der Waals surface area contributed by atoms with Crippen LogP contribution in [-0.4, -0.2) is 24.9 Å². The highest BCUT2D eigenvalue weighted by Crippen LogP contribution is 2.13. The summed E-state index contributed by atoms with van der Waals surface area (Å²) in [5, 5.41) is 3.52. The maximum Gasteiger partial charge on any atom is 0.0785 e. The van der Waals surface area contributed by atoms with Crippen LogP contribution in [0.1, 0.15) is 45.7 Å². The van der Waals surface area contributed by atoms with Crippen molar-refractivity contribution in [1.29, 1.82) is 0 Å². The van der Waals surface area contributed by atoms with Gasteiger partial charge in [-0.2, -0.15) is 0 Å². The van der Waals surface area contributed by atoms with Crippen LogP contribution in [0.5, 0.6) is 0 Å². The summed E-state index contributed by atoms with van der Waals surface area (Å²) in [6.07, 6.45) is 0.124. The molecule has 0 radical (unpaired) electrons. The third-order valence-electron chi connectivity index (χ3n) is 3.01. The number of hydrogen-bond donors (Lipinski definition) is 1. The lowest BCUT2D eigenvalue weighted by Crippen LogP contribution is -2.35. The molecule has 1 aromatic rings. The van der Waals surface area contributed by atoms with Crippen LogP contribution in [0.2, 0.25) is 0 Å². The maximum atomic E-state index is 5.85. The molecule has 0 aromatic heterocycles. The molecule has 114 valence electrons. The third kappa shape index (κ3) is 7.04. The molecule has 0 spiro atoms. The molecule has 0 aliphatic carbocycles. The first kappa shape index (κ1) is 17.2. The predicted molar refractivity (Wildman–Crippen MR) is 83.8 cm³/mol. The fourth-order valence-electron chi connectivity index (χ4n) is 1.80. The van der Waals surface area contributed by atoms with Gasteiger partial charge in [0.15, 0.2) is 0 Å². The van der Waals surface area contributed by atoms with E-state index in [-0.39, 0.29) is 11.6 Å². The lowest BCUT2D eigenvalue weighted by molar-refractivity contribution is -0.0119. The van der Waals surface area contributed by atoms with E-state index in [1.807, 2.05) is 13.8 Å². The van der Waals surface area contributed by atoms with Crippen molar-refractivity contribution < 1.29 is 9.47 Å². The first-order valence-electron chi connectivity index (χ1n) is 7.43. The quantitative estimate of drug-likeness (QED) is 0.790. The van der Waals surface area contributed by atoms with Crippen molar-refractivity contribution in [3.63, 3.8) is 0 Å². The fourth-order valence-corrected chi connectivity index (χ4v) is 1.80. The summed E-state index contributed by atoms with van der Waals surface area (Å²) in [5.74, 6) is 0. The normalized spacial score (nSPS) is 13.4. The monoisotopic (exact) mass is 279 g/mol. The highest BCUT2D eigenvalue weighted by molar-refractivity contribution is 5.26.